The summed E-state index contributed by atoms with van der Waals surface area (Å²) in [4.78, 5) is 12.8. The number of methoxy groups -OCH3 is 1. The minimum absolute atomic E-state index is 0.0636. The van der Waals surface area contributed by atoms with Gasteiger partial charge in [0.15, 0.2) is 5.76 Å². The second-order valence-corrected chi connectivity index (χ2v) is 5.68. The lowest BCUT2D eigenvalue weighted by Crippen LogP contribution is -2.08. The lowest BCUT2D eigenvalue weighted by Gasteiger charge is -2.11. The van der Waals surface area contributed by atoms with Crippen LogP contribution in [0, 0.1) is 0 Å². The first kappa shape index (κ1) is 16.9. The van der Waals surface area contributed by atoms with Gasteiger partial charge in [-0.2, -0.15) is 0 Å². The van der Waals surface area contributed by atoms with E-state index in [9.17, 15) is 9.90 Å². The summed E-state index contributed by atoms with van der Waals surface area (Å²) < 4.78 is 16.8. The Morgan fingerprint density at radius 3 is 2.60 bits per heavy atom. The Labute approximate surface area is 145 Å². The van der Waals surface area contributed by atoms with Gasteiger partial charge in [-0.25, -0.2) is 0 Å². The molecule has 1 heterocycles. The lowest BCUT2D eigenvalue weighted by atomic mass is 10.1. The molecule has 0 spiro atoms. The van der Waals surface area contributed by atoms with E-state index in [1.165, 1.54) is 13.2 Å². The van der Waals surface area contributed by atoms with Crippen molar-refractivity contribution in [2.24, 2.45) is 0 Å². The van der Waals surface area contributed by atoms with Crippen LogP contribution in [0.1, 0.15) is 19.8 Å². The van der Waals surface area contributed by atoms with Crippen LogP contribution in [0.4, 0.5) is 0 Å². The molecule has 0 saturated heterocycles. The molecule has 0 unspecified atom stereocenters. The highest BCUT2D eigenvalue weighted by molar-refractivity contribution is 5.88. The van der Waals surface area contributed by atoms with Crippen molar-refractivity contribution < 1.29 is 19.0 Å². The van der Waals surface area contributed by atoms with Gasteiger partial charge in [-0.05, 0) is 6.42 Å². The van der Waals surface area contributed by atoms with Crippen LogP contribution in [0.2, 0.25) is 0 Å². The Balaban J connectivity index is 2.19. The quantitative estimate of drug-likeness (QED) is 0.676. The molecule has 3 rings (SSSR count). The molecule has 0 radical (unpaired) electrons. The fourth-order valence-electron chi connectivity index (χ4n) is 2.64. The van der Waals surface area contributed by atoms with Crippen molar-refractivity contribution in [3.8, 4) is 28.6 Å². The molecule has 1 N–H and O–H groups in total. The number of hydrogen-bond donors (Lipinski definition) is 1. The van der Waals surface area contributed by atoms with E-state index < -0.39 is 5.43 Å². The first-order valence-corrected chi connectivity index (χ1v) is 8.21. The molecule has 5 heteroatoms. The number of phenols is 1. The third kappa shape index (κ3) is 3.31. The first-order chi connectivity index (χ1) is 12.2. The zero-order chi connectivity index (χ0) is 17.8. The van der Waals surface area contributed by atoms with Gasteiger partial charge in [-0.3, -0.25) is 4.79 Å². The fourth-order valence-corrected chi connectivity index (χ4v) is 2.64. The summed E-state index contributed by atoms with van der Waals surface area (Å²) in [6.07, 6.45) is 1.91. The maximum Gasteiger partial charge on any atom is 0.239 e. The zero-order valence-electron chi connectivity index (χ0n) is 14.2. The summed E-state index contributed by atoms with van der Waals surface area (Å²) in [6, 6.07) is 12.3. The van der Waals surface area contributed by atoms with E-state index in [0.717, 1.165) is 18.4 Å². The number of rotatable bonds is 6. The van der Waals surface area contributed by atoms with Gasteiger partial charge in [0.25, 0.3) is 0 Å². The van der Waals surface area contributed by atoms with Crippen LogP contribution in [0.3, 0.4) is 0 Å². The van der Waals surface area contributed by atoms with E-state index in [1.54, 1.807) is 6.07 Å². The van der Waals surface area contributed by atoms with E-state index >= 15 is 0 Å². The molecule has 1 aromatic heterocycles. The number of benzene rings is 2. The highest BCUT2D eigenvalue weighted by Gasteiger charge is 2.20. The summed E-state index contributed by atoms with van der Waals surface area (Å²) in [5.41, 5.74) is 0.562. The molecule has 0 atom stereocenters. The molecule has 0 amide bonds. The van der Waals surface area contributed by atoms with Crippen LogP contribution in [0.5, 0.6) is 17.2 Å². The van der Waals surface area contributed by atoms with Crippen LogP contribution in [0.15, 0.2) is 51.7 Å². The van der Waals surface area contributed by atoms with Crippen molar-refractivity contribution in [1.82, 2.24) is 0 Å². The van der Waals surface area contributed by atoms with Gasteiger partial charge in [0.05, 0.1) is 13.7 Å². The second-order valence-electron chi connectivity index (χ2n) is 5.68. The van der Waals surface area contributed by atoms with Gasteiger partial charge in [0.2, 0.25) is 11.2 Å². The molecule has 0 aliphatic heterocycles. The molecule has 2 aromatic carbocycles. The molecule has 3 aromatic rings. The molecular formula is C20H20O5. The Morgan fingerprint density at radius 2 is 1.92 bits per heavy atom. The molecule has 25 heavy (non-hydrogen) atoms. The number of hydrogen-bond acceptors (Lipinski definition) is 5. The Morgan fingerprint density at radius 1 is 1.16 bits per heavy atom. The number of aromatic hydroxyl groups is 1. The molecule has 0 bridgehead atoms. The Kier molecular flexibility index (Phi) is 4.93. The molecule has 0 aliphatic carbocycles. The van der Waals surface area contributed by atoms with E-state index in [1.807, 2.05) is 30.3 Å². The van der Waals surface area contributed by atoms with Gasteiger partial charge in [-0.15, -0.1) is 0 Å². The molecule has 130 valence electrons. The van der Waals surface area contributed by atoms with Gasteiger partial charge in [0, 0.05) is 17.7 Å². The van der Waals surface area contributed by atoms with Crippen LogP contribution in [0.25, 0.3) is 22.3 Å². The van der Waals surface area contributed by atoms with E-state index in [0.29, 0.717) is 18.1 Å². The predicted octanol–water partition coefficient (Wildman–Crippen LogP) is 4.35. The van der Waals surface area contributed by atoms with Crippen molar-refractivity contribution in [3.63, 3.8) is 0 Å². The van der Waals surface area contributed by atoms with Gasteiger partial charge >= 0.3 is 0 Å². The predicted molar refractivity (Wildman–Crippen MR) is 96.5 cm³/mol. The van der Waals surface area contributed by atoms with Crippen molar-refractivity contribution in [3.05, 3.63) is 52.7 Å². The molecule has 0 aliphatic rings. The van der Waals surface area contributed by atoms with E-state index in [2.05, 4.69) is 6.92 Å². The standard InChI is InChI=1S/C20H20O5/c1-3-4-10-24-14-11-15(21)17-16(12-14)25-19(20(23-2)18(17)22)13-8-6-5-7-9-13/h5-9,11-12,21H,3-4,10H2,1-2H3. The minimum atomic E-state index is -0.416. The highest BCUT2D eigenvalue weighted by atomic mass is 16.5. The molecule has 0 fully saturated rings. The van der Waals surface area contributed by atoms with Crippen molar-refractivity contribution >= 4 is 11.0 Å². The Bertz CT molecular complexity index is 928. The Hall–Kier alpha value is -2.95. The van der Waals surface area contributed by atoms with E-state index in [-0.39, 0.29) is 22.5 Å². The zero-order valence-corrected chi connectivity index (χ0v) is 14.2. The largest absolute Gasteiger partial charge is 0.507 e. The van der Waals surface area contributed by atoms with E-state index in [4.69, 9.17) is 13.9 Å². The van der Waals surface area contributed by atoms with Crippen LogP contribution < -0.4 is 14.9 Å². The summed E-state index contributed by atoms with van der Waals surface area (Å²) in [5.74, 6) is 0.667. The molecule has 5 nitrogen and oxygen atoms in total. The molecule has 0 saturated carbocycles. The lowest BCUT2D eigenvalue weighted by molar-refractivity contribution is 0.307. The highest BCUT2D eigenvalue weighted by Crippen LogP contribution is 2.35. The van der Waals surface area contributed by atoms with Gasteiger partial charge < -0.3 is 19.0 Å². The average molecular weight is 340 g/mol. The van der Waals surface area contributed by atoms with Crippen LogP contribution in [-0.2, 0) is 0 Å². The monoisotopic (exact) mass is 340 g/mol. The third-order valence-corrected chi connectivity index (χ3v) is 3.91. The maximum atomic E-state index is 12.8. The number of unbranched alkanes of at least 4 members (excludes halogenated alkanes) is 1. The van der Waals surface area contributed by atoms with Gasteiger partial charge in [0.1, 0.15) is 22.5 Å². The average Bonchev–Trinajstić information content (AvgIpc) is 2.62. The maximum absolute atomic E-state index is 12.8. The van der Waals surface area contributed by atoms with Crippen molar-refractivity contribution in [2.75, 3.05) is 13.7 Å². The van der Waals surface area contributed by atoms with Gasteiger partial charge in [-0.1, -0.05) is 43.7 Å². The first-order valence-electron chi connectivity index (χ1n) is 8.21. The van der Waals surface area contributed by atoms with Crippen molar-refractivity contribution in [2.45, 2.75) is 19.8 Å². The smallest absolute Gasteiger partial charge is 0.239 e. The molecular weight excluding hydrogens is 320 g/mol. The minimum Gasteiger partial charge on any atom is -0.507 e. The number of ether oxygens (including phenoxy) is 2. The summed E-state index contributed by atoms with van der Waals surface area (Å²) in [5, 5.41) is 10.4. The number of phenolic OH excluding ortho intramolecular Hbond substituents is 1. The third-order valence-electron chi connectivity index (χ3n) is 3.91. The van der Waals surface area contributed by atoms with Crippen molar-refractivity contribution in [1.29, 1.82) is 0 Å². The van der Waals surface area contributed by atoms with Crippen LogP contribution >= 0.6 is 0 Å². The topological polar surface area (TPSA) is 68.9 Å². The normalized spacial score (nSPS) is 10.8. The SMILES string of the molecule is CCCCOc1cc(O)c2c(=O)c(OC)c(-c3ccccc3)oc2c1. The summed E-state index contributed by atoms with van der Waals surface area (Å²) in [7, 11) is 1.41. The summed E-state index contributed by atoms with van der Waals surface area (Å²) >= 11 is 0. The number of fused-ring (bicyclic) bond motifs is 1. The second kappa shape index (κ2) is 7.30. The summed E-state index contributed by atoms with van der Waals surface area (Å²) in [6.45, 7) is 2.60. The fraction of sp³-hybridized carbons (Fsp3) is 0.250. The van der Waals surface area contributed by atoms with Crippen LogP contribution in [-0.4, -0.2) is 18.8 Å².